The van der Waals surface area contributed by atoms with E-state index in [1.807, 2.05) is 20.8 Å². The molecule has 0 radical (unpaired) electrons. The number of fused-ring (bicyclic) bond motifs is 1. The van der Waals surface area contributed by atoms with Crippen molar-refractivity contribution in [2.45, 2.75) is 26.2 Å². The molecule has 0 spiro atoms. The molecule has 0 atom stereocenters. The van der Waals surface area contributed by atoms with Crippen LogP contribution in [-0.4, -0.2) is 29.7 Å². The van der Waals surface area contributed by atoms with Gasteiger partial charge in [0.05, 0.1) is 12.7 Å². The molecule has 0 fully saturated rings. The van der Waals surface area contributed by atoms with Gasteiger partial charge in [0, 0.05) is 13.3 Å². The predicted octanol–water partition coefficient (Wildman–Crippen LogP) is 2.16. The minimum absolute atomic E-state index is 0.0390. The minimum atomic E-state index is -0.545. The highest BCUT2D eigenvalue weighted by Crippen LogP contribution is 2.23. The molecule has 2 rings (SSSR count). The monoisotopic (exact) mass is 294 g/mol. The third kappa shape index (κ3) is 3.39. The fourth-order valence-electron chi connectivity index (χ4n) is 1.85. The van der Waals surface area contributed by atoms with Gasteiger partial charge >= 0.3 is 0 Å². The number of hydrogen-bond acceptors (Lipinski definition) is 4. The predicted molar refractivity (Wildman–Crippen MR) is 77.5 cm³/mol. The first kappa shape index (κ1) is 15.4. The van der Waals surface area contributed by atoms with E-state index in [0.29, 0.717) is 6.61 Å². The Hall–Kier alpha value is -1.95. The highest BCUT2D eigenvalue weighted by atomic mass is 19.1. The molecule has 6 heteroatoms. The Bertz CT molecular complexity index is 704. The van der Waals surface area contributed by atoms with Crippen molar-refractivity contribution in [3.63, 3.8) is 0 Å². The van der Waals surface area contributed by atoms with Gasteiger partial charge in [-0.25, -0.2) is 4.39 Å². The number of methoxy groups -OCH3 is 1. The smallest absolute Gasteiger partial charge is 0.261 e. The standard InChI is InChI=1S/C15H19FN2O3/c1-15(2,3)10-7-11(16)14-17-12(21-6-5-20-4)8-13(19)18(14)9-10/h7-9H,5-6H2,1-4H3. The van der Waals surface area contributed by atoms with Crippen molar-refractivity contribution >= 4 is 5.65 Å². The van der Waals surface area contributed by atoms with Crippen LogP contribution < -0.4 is 10.3 Å². The Labute approximate surface area is 122 Å². The number of pyridine rings is 1. The van der Waals surface area contributed by atoms with Crippen molar-refractivity contribution in [2.24, 2.45) is 0 Å². The molecule has 0 N–H and O–H groups in total. The van der Waals surface area contributed by atoms with Crippen molar-refractivity contribution in [3.05, 3.63) is 40.1 Å². The van der Waals surface area contributed by atoms with E-state index in [2.05, 4.69) is 4.98 Å². The van der Waals surface area contributed by atoms with E-state index in [1.165, 1.54) is 16.5 Å². The van der Waals surface area contributed by atoms with Crippen LogP contribution >= 0.6 is 0 Å². The molecule has 0 aromatic carbocycles. The second kappa shape index (κ2) is 5.81. The van der Waals surface area contributed by atoms with Gasteiger partial charge < -0.3 is 9.47 Å². The van der Waals surface area contributed by atoms with E-state index in [-0.39, 0.29) is 29.1 Å². The first-order valence-electron chi connectivity index (χ1n) is 6.68. The van der Waals surface area contributed by atoms with Crippen LogP contribution in [0.4, 0.5) is 4.39 Å². The van der Waals surface area contributed by atoms with E-state index < -0.39 is 5.82 Å². The van der Waals surface area contributed by atoms with E-state index in [9.17, 15) is 9.18 Å². The second-order valence-electron chi connectivity index (χ2n) is 5.79. The molecule has 0 saturated heterocycles. The van der Waals surface area contributed by atoms with Crippen molar-refractivity contribution in [1.29, 1.82) is 0 Å². The Balaban J connectivity index is 2.51. The summed E-state index contributed by atoms with van der Waals surface area (Å²) in [4.78, 5) is 16.1. The summed E-state index contributed by atoms with van der Waals surface area (Å²) >= 11 is 0. The lowest BCUT2D eigenvalue weighted by molar-refractivity contribution is 0.143. The zero-order valence-electron chi connectivity index (χ0n) is 12.6. The van der Waals surface area contributed by atoms with Crippen molar-refractivity contribution in [2.75, 3.05) is 20.3 Å². The largest absolute Gasteiger partial charge is 0.475 e. The van der Waals surface area contributed by atoms with E-state index >= 15 is 0 Å². The van der Waals surface area contributed by atoms with Crippen LogP contribution in [0.25, 0.3) is 5.65 Å². The lowest BCUT2D eigenvalue weighted by Crippen LogP contribution is -2.20. The fourth-order valence-corrected chi connectivity index (χ4v) is 1.85. The molecule has 0 saturated carbocycles. The van der Waals surface area contributed by atoms with Crippen LogP contribution in [0.1, 0.15) is 26.3 Å². The average Bonchev–Trinajstić information content (AvgIpc) is 2.39. The molecular weight excluding hydrogens is 275 g/mol. The summed E-state index contributed by atoms with van der Waals surface area (Å²) in [5.41, 5.74) is 0.0482. The van der Waals surface area contributed by atoms with Gasteiger partial charge in [-0.3, -0.25) is 9.20 Å². The number of hydrogen-bond donors (Lipinski definition) is 0. The average molecular weight is 294 g/mol. The lowest BCUT2D eigenvalue weighted by atomic mass is 9.88. The zero-order valence-corrected chi connectivity index (χ0v) is 12.6. The molecule has 2 heterocycles. The maximum Gasteiger partial charge on any atom is 0.261 e. The molecule has 2 aromatic rings. The first-order valence-corrected chi connectivity index (χ1v) is 6.68. The topological polar surface area (TPSA) is 52.8 Å². The van der Waals surface area contributed by atoms with E-state index in [0.717, 1.165) is 5.56 Å². The molecule has 5 nitrogen and oxygen atoms in total. The zero-order chi connectivity index (χ0) is 15.6. The third-order valence-electron chi connectivity index (χ3n) is 3.10. The SMILES string of the molecule is COCCOc1cc(=O)n2cc(C(C)(C)C)cc(F)c2n1. The Kier molecular flexibility index (Phi) is 4.27. The van der Waals surface area contributed by atoms with Gasteiger partial charge in [0.1, 0.15) is 6.61 Å². The summed E-state index contributed by atoms with van der Waals surface area (Å²) in [5, 5.41) is 0. The van der Waals surface area contributed by atoms with Crippen molar-refractivity contribution < 1.29 is 13.9 Å². The minimum Gasteiger partial charge on any atom is -0.475 e. The van der Waals surface area contributed by atoms with Gasteiger partial charge in [0.15, 0.2) is 11.5 Å². The molecule has 0 aliphatic heterocycles. The van der Waals surface area contributed by atoms with Crippen LogP contribution in [-0.2, 0) is 10.2 Å². The molecular formula is C15H19FN2O3. The van der Waals surface area contributed by atoms with Crippen LogP contribution in [0.2, 0.25) is 0 Å². The molecule has 0 aliphatic carbocycles. The van der Waals surface area contributed by atoms with Gasteiger partial charge in [-0.05, 0) is 17.0 Å². The van der Waals surface area contributed by atoms with E-state index in [4.69, 9.17) is 9.47 Å². The lowest BCUT2D eigenvalue weighted by Gasteiger charge is -2.19. The highest BCUT2D eigenvalue weighted by molar-refractivity contribution is 5.44. The van der Waals surface area contributed by atoms with Gasteiger partial charge in [-0.15, -0.1) is 0 Å². The summed E-state index contributed by atoms with van der Waals surface area (Å²) in [6.07, 6.45) is 1.62. The summed E-state index contributed by atoms with van der Waals surface area (Å²) in [5.74, 6) is -0.448. The Morgan fingerprint density at radius 1 is 1.29 bits per heavy atom. The van der Waals surface area contributed by atoms with Crippen LogP contribution in [0.5, 0.6) is 5.88 Å². The quantitative estimate of drug-likeness (QED) is 0.811. The normalized spacial score (nSPS) is 11.9. The van der Waals surface area contributed by atoms with Crippen LogP contribution in [0.3, 0.4) is 0 Å². The molecule has 0 bridgehead atoms. The van der Waals surface area contributed by atoms with Gasteiger partial charge in [-0.2, -0.15) is 4.98 Å². The molecule has 114 valence electrons. The number of ether oxygens (including phenoxy) is 2. The summed E-state index contributed by atoms with van der Waals surface area (Å²) in [7, 11) is 1.54. The third-order valence-corrected chi connectivity index (χ3v) is 3.10. The van der Waals surface area contributed by atoms with Gasteiger partial charge in [0.25, 0.3) is 5.56 Å². The Morgan fingerprint density at radius 2 is 2.00 bits per heavy atom. The van der Waals surface area contributed by atoms with Gasteiger partial charge in [-0.1, -0.05) is 20.8 Å². The van der Waals surface area contributed by atoms with Crippen molar-refractivity contribution in [3.8, 4) is 5.88 Å². The van der Waals surface area contributed by atoms with Crippen LogP contribution in [0.15, 0.2) is 23.1 Å². The number of nitrogens with zero attached hydrogens (tertiary/aromatic N) is 2. The second-order valence-corrected chi connectivity index (χ2v) is 5.79. The van der Waals surface area contributed by atoms with E-state index in [1.54, 1.807) is 13.3 Å². The van der Waals surface area contributed by atoms with Crippen LogP contribution in [0, 0.1) is 5.82 Å². The first-order chi connectivity index (χ1) is 9.82. The Morgan fingerprint density at radius 3 is 2.62 bits per heavy atom. The summed E-state index contributed by atoms with van der Waals surface area (Å²) in [6.45, 7) is 6.48. The summed E-state index contributed by atoms with van der Waals surface area (Å²) < 4.78 is 25.6. The highest BCUT2D eigenvalue weighted by Gasteiger charge is 2.18. The molecule has 0 aliphatic rings. The molecule has 2 aromatic heterocycles. The molecule has 0 unspecified atom stereocenters. The summed E-state index contributed by atoms with van der Waals surface area (Å²) in [6, 6.07) is 2.65. The van der Waals surface area contributed by atoms with Crippen molar-refractivity contribution in [1.82, 2.24) is 9.38 Å². The number of rotatable bonds is 4. The fraction of sp³-hybridized carbons (Fsp3) is 0.467. The van der Waals surface area contributed by atoms with Gasteiger partial charge in [0.2, 0.25) is 5.88 Å². The number of aromatic nitrogens is 2. The number of halogens is 1. The maximum atomic E-state index is 14.2. The molecule has 21 heavy (non-hydrogen) atoms. The maximum absolute atomic E-state index is 14.2. The molecule has 0 amide bonds.